The van der Waals surface area contributed by atoms with Crippen molar-refractivity contribution < 1.29 is 30.8 Å². The van der Waals surface area contributed by atoms with Gasteiger partial charge in [-0.25, -0.2) is 19.9 Å². The van der Waals surface area contributed by atoms with Gasteiger partial charge in [-0.1, -0.05) is 12.1 Å². The number of rotatable bonds is 4. The van der Waals surface area contributed by atoms with Crippen molar-refractivity contribution in [2.24, 2.45) is 0 Å². The van der Waals surface area contributed by atoms with E-state index in [1.54, 1.807) is 18.7 Å². The van der Waals surface area contributed by atoms with Crippen molar-refractivity contribution in [3.63, 3.8) is 0 Å². The van der Waals surface area contributed by atoms with Gasteiger partial charge >= 0.3 is 12.4 Å². The third-order valence-electron chi connectivity index (χ3n) is 6.64. The summed E-state index contributed by atoms with van der Waals surface area (Å²) in [6.45, 7) is 4.33. The molecule has 42 heavy (non-hydrogen) atoms. The first-order valence-corrected chi connectivity index (χ1v) is 13.0. The third kappa shape index (κ3) is 6.17. The first kappa shape index (κ1) is 29.3. The summed E-state index contributed by atoms with van der Waals surface area (Å²) in [5, 5.41) is 10.8. The highest BCUT2D eigenvalue weighted by Gasteiger charge is 2.36. The zero-order valence-electron chi connectivity index (χ0n) is 22.1. The van der Waals surface area contributed by atoms with Crippen LogP contribution in [0.5, 0.6) is 0 Å². The van der Waals surface area contributed by atoms with Crippen LogP contribution < -0.4 is 5.32 Å². The van der Waals surface area contributed by atoms with Gasteiger partial charge in [-0.2, -0.15) is 26.3 Å². The van der Waals surface area contributed by atoms with Crippen molar-refractivity contribution in [2.45, 2.75) is 45.0 Å². The number of hydrogen-bond acceptors (Lipinski definition) is 8. The minimum Gasteiger partial charge on any atom is -0.414 e. The lowest BCUT2D eigenvalue weighted by atomic mass is 9.90. The van der Waals surface area contributed by atoms with Crippen molar-refractivity contribution in [2.75, 3.05) is 18.4 Å². The van der Waals surface area contributed by atoms with Crippen LogP contribution in [0.2, 0.25) is 0 Å². The van der Waals surface area contributed by atoms with E-state index in [9.17, 15) is 26.3 Å². The van der Waals surface area contributed by atoms with Crippen LogP contribution in [0.4, 0.5) is 32.0 Å². The molecule has 0 spiro atoms. The Hall–Kier alpha value is -4.21. The lowest BCUT2D eigenvalue weighted by Crippen LogP contribution is -2.41. The third-order valence-corrected chi connectivity index (χ3v) is 7.00. The van der Waals surface area contributed by atoms with Crippen LogP contribution in [0.25, 0.3) is 23.0 Å². The van der Waals surface area contributed by atoms with E-state index in [0.29, 0.717) is 48.7 Å². The van der Waals surface area contributed by atoms with Gasteiger partial charge in [-0.05, 0) is 57.1 Å². The number of aryl methyl sites for hydroxylation is 2. The lowest BCUT2D eigenvalue weighted by Gasteiger charge is -2.34. The van der Waals surface area contributed by atoms with E-state index in [-0.39, 0.29) is 34.2 Å². The predicted molar refractivity (Wildman–Crippen MR) is 142 cm³/mol. The van der Waals surface area contributed by atoms with Gasteiger partial charge in [0.1, 0.15) is 11.5 Å². The molecule has 0 atom stereocenters. The number of nitrogens with zero attached hydrogens (tertiary/aromatic N) is 7. The van der Waals surface area contributed by atoms with Crippen molar-refractivity contribution in [3.05, 3.63) is 65.1 Å². The number of nitrogens with one attached hydrogen (secondary N) is 1. The van der Waals surface area contributed by atoms with Gasteiger partial charge in [0, 0.05) is 25.2 Å². The SMILES string of the molecule is Cc1nc(C)c(-c2nnc(-c3ccnc(C(F)(F)F)n3)o2)c(C2CCN(C(=S)Nc3ccccc3C(F)(F)F)CC2)n1. The minimum atomic E-state index is -4.75. The number of hydrogen-bond donors (Lipinski definition) is 1. The molecule has 0 bridgehead atoms. The number of thiocarbonyl (C=S) groups is 1. The summed E-state index contributed by atoms with van der Waals surface area (Å²) in [6.07, 6.45) is -7.23. The summed E-state index contributed by atoms with van der Waals surface area (Å²) in [5.74, 6) is -1.16. The second kappa shape index (κ2) is 11.2. The molecule has 1 N–H and O–H groups in total. The molecular weight excluding hydrogens is 586 g/mol. The molecule has 16 heteroatoms. The van der Waals surface area contributed by atoms with Gasteiger partial charge in [0.25, 0.3) is 11.8 Å². The molecule has 1 saturated heterocycles. The Morgan fingerprint density at radius 3 is 2.31 bits per heavy atom. The molecule has 4 heterocycles. The molecule has 9 nitrogen and oxygen atoms in total. The number of piperidine rings is 1. The Labute approximate surface area is 240 Å². The molecule has 220 valence electrons. The van der Waals surface area contributed by atoms with Crippen molar-refractivity contribution in [3.8, 4) is 23.0 Å². The molecule has 3 aromatic heterocycles. The van der Waals surface area contributed by atoms with Crippen LogP contribution >= 0.6 is 12.2 Å². The number of benzene rings is 1. The molecule has 0 amide bonds. The van der Waals surface area contributed by atoms with Crippen LogP contribution in [0.3, 0.4) is 0 Å². The largest absolute Gasteiger partial charge is 0.451 e. The summed E-state index contributed by atoms with van der Waals surface area (Å²) in [7, 11) is 0. The quantitative estimate of drug-likeness (QED) is 0.212. The monoisotopic (exact) mass is 608 g/mol. The molecule has 1 fully saturated rings. The molecule has 4 aromatic rings. The molecule has 1 aromatic carbocycles. The van der Waals surface area contributed by atoms with Gasteiger partial charge in [0.05, 0.1) is 28.2 Å². The second-order valence-electron chi connectivity index (χ2n) is 9.53. The van der Waals surface area contributed by atoms with Crippen molar-refractivity contribution >= 4 is 23.0 Å². The van der Waals surface area contributed by atoms with Gasteiger partial charge < -0.3 is 14.6 Å². The fourth-order valence-electron chi connectivity index (χ4n) is 4.73. The van der Waals surface area contributed by atoms with Crippen LogP contribution in [0, 0.1) is 13.8 Å². The average Bonchev–Trinajstić information content (AvgIpc) is 3.42. The number of aromatic nitrogens is 6. The zero-order valence-corrected chi connectivity index (χ0v) is 22.9. The lowest BCUT2D eigenvalue weighted by molar-refractivity contribution is -0.145. The standard InChI is InChI=1S/C26H22F6N8OS/c1-13-19(22-39-38-21(41-22)18-7-10-33-23(36-18)26(30,31)32)20(35-14(2)34-13)15-8-11-40(12-9-15)24(42)37-17-6-4-3-5-16(17)25(27,28)29/h3-7,10,15H,8-9,11-12H2,1-2H3,(H,37,42). The molecule has 0 radical (unpaired) electrons. The Morgan fingerprint density at radius 2 is 1.62 bits per heavy atom. The fourth-order valence-corrected chi connectivity index (χ4v) is 5.02. The van der Waals surface area contributed by atoms with Gasteiger partial charge in [0.2, 0.25) is 5.82 Å². The first-order chi connectivity index (χ1) is 19.8. The van der Waals surface area contributed by atoms with Crippen LogP contribution in [0.15, 0.2) is 40.9 Å². The maximum atomic E-state index is 13.4. The van der Waals surface area contributed by atoms with E-state index < -0.39 is 23.7 Å². The second-order valence-corrected chi connectivity index (χ2v) is 9.91. The number of alkyl halides is 6. The number of halogens is 6. The maximum absolute atomic E-state index is 13.4. The molecular formula is C26H22F6N8OS. The summed E-state index contributed by atoms with van der Waals surface area (Å²) in [6, 6.07) is 6.35. The fraction of sp³-hybridized carbons (Fsp3) is 0.346. The summed E-state index contributed by atoms with van der Waals surface area (Å²) < 4.78 is 85.2. The molecule has 0 unspecified atom stereocenters. The highest BCUT2D eigenvalue weighted by atomic mass is 32.1. The Kier molecular flexibility index (Phi) is 7.83. The predicted octanol–water partition coefficient (Wildman–Crippen LogP) is 6.21. The van der Waals surface area contributed by atoms with E-state index in [0.717, 1.165) is 12.3 Å². The van der Waals surface area contributed by atoms with E-state index >= 15 is 0 Å². The first-order valence-electron chi connectivity index (χ1n) is 12.6. The van der Waals surface area contributed by atoms with Crippen LogP contribution in [-0.2, 0) is 12.4 Å². The van der Waals surface area contributed by atoms with Crippen molar-refractivity contribution in [1.29, 1.82) is 0 Å². The summed E-state index contributed by atoms with van der Waals surface area (Å²) >= 11 is 5.43. The maximum Gasteiger partial charge on any atom is 0.451 e. The average molecular weight is 609 g/mol. The Bertz CT molecular complexity index is 1620. The molecule has 0 aliphatic carbocycles. The molecule has 1 aliphatic rings. The van der Waals surface area contributed by atoms with Crippen LogP contribution in [-0.4, -0.2) is 53.2 Å². The van der Waals surface area contributed by atoms with E-state index in [4.69, 9.17) is 16.6 Å². The van der Waals surface area contributed by atoms with E-state index in [1.807, 2.05) is 0 Å². The smallest absolute Gasteiger partial charge is 0.414 e. The normalized spacial score (nSPS) is 14.7. The van der Waals surface area contributed by atoms with Gasteiger partial charge in [-0.15, -0.1) is 10.2 Å². The van der Waals surface area contributed by atoms with E-state index in [1.165, 1.54) is 24.3 Å². The Balaban J connectivity index is 1.35. The molecule has 0 saturated carbocycles. The Morgan fingerprint density at radius 1 is 0.929 bits per heavy atom. The number of anilines is 1. The highest BCUT2D eigenvalue weighted by molar-refractivity contribution is 7.80. The van der Waals surface area contributed by atoms with Crippen LogP contribution in [0.1, 0.15) is 47.4 Å². The molecule has 1 aliphatic heterocycles. The zero-order chi connectivity index (χ0) is 30.2. The molecule has 5 rings (SSSR count). The van der Waals surface area contributed by atoms with Gasteiger partial charge in [0.15, 0.2) is 5.11 Å². The highest BCUT2D eigenvalue weighted by Crippen LogP contribution is 2.38. The summed E-state index contributed by atoms with van der Waals surface area (Å²) in [5.41, 5.74) is 0.492. The number of likely N-dealkylation sites (tertiary alicyclic amines) is 1. The minimum absolute atomic E-state index is 0.0213. The van der Waals surface area contributed by atoms with E-state index in [2.05, 4.69) is 35.5 Å². The summed E-state index contributed by atoms with van der Waals surface area (Å²) in [4.78, 5) is 17.6. The topological polar surface area (TPSA) is 106 Å². The van der Waals surface area contributed by atoms with Crippen molar-refractivity contribution in [1.82, 2.24) is 35.0 Å². The van der Waals surface area contributed by atoms with Gasteiger partial charge in [-0.3, -0.25) is 0 Å². The number of para-hydroxylation sites is 1.